The Hall–Kier alpha value is -3.77. The minimum absolute atomic E-state index is 0.210. The van der Waals surface area contributed by atoms with Crippen LogP contribution >= 0.6 is 0 Å². The van der Waals surface area contributed by atoms with Crippen LogP contribution < -0.4 is 0 Å². The summed E-state index contributed by atoms with van der Waals surface area (Å²) in [6.45, 7) is 2.05. The molecule has 0 amide bonds. The topological polar surface area (TPSA) is 46.5 Å². The standard InChI is InChI=1S/C25H20O3/c1-18-7-11-20(12-8-18)24-16-15-23(26)17-22(24)6-4-3-5-19-9-13-21(14-10-19)25(27)28-2/h4,6-17,26H,1-2H3/b6-4+. The number of phenols is 1. The minimum atomic E-state index is -0.369. The highest BCUT2D eigenvalue weighted by Crippen LogP contribution is 2.28. The maximum atomic E-state index is 11.4. The van der Waals surface area contributed by atoms with Gasteiger partial charge in [0.2, 0.25) is 0 Å². The van der Waals surface area contributed by atoms with Gasteiger partial charge in [-0.15, -0.1) is 0 Å². The first kappa shape index (κ1) is 19.0. The summed E-state index contributed by atoms with van der Waals surface area (Å²) in [5, 5.41) is 9.85. The van der Waals surface area contributed by atoms with Gasteiger partial charge < -0.3 is 9.84 Å². The van der Waals surface area contributed by atoms with Crippen molar-refractivity contribution in [2.75, 3.05) is 7.11 Å². The molecule has 0 radical (unpaired) electrons. The molecule has 0 saturated heterocycles. The van der Waals surface area contributed by atoms with Gasteiger partial charge >= 0.3 is 5.97 Å². The lowest BCUT2D eigenvalue weighted by atomic mass is 9.98. The van der Waals surface area contributed by atoms with Crippen molar-refractivity contribution in [2.24, 2.45) is 0 Å². The number of benzene rings is 3. The third-order valence-electron chi connectivity index (χ3n) is 4.27. The molecule has 0 aliphatic carbocycles. The summed E-state index contributed by atoms with van der Waals surface area (Å²) in [5.74, 6) is 5.86. The van der Waals surface area contributed by atoms with Crippen molar-refractivity contribution >= 4 is 12.0 Å². The van der Waals surface area contributed by atoms with Gasteiger partial charge in [-0.2, -0.15) is 0 Å². The van der Waals surface area contributed by atoms with Gasteiger partial charge in [0.1, 0.15) is 5.75 Å². The molecule has 3 rings (SSSR count). The van der Waals surface area contributed by atoms with Crippen LogP contribution in [0.1, 0.15) is 27.0 Å². The molecule has 1 N–H and O–H groups in total. The van der Waals surface area contributed by atoms with Crippen molar-refractivity contribution in [3.05, 3.63) is 95.1 Å². The van der Waals surface area contributed by atoms with Crippen LogP contribution in [-0.4, -0.2) is 18.2 Å². The highest BCUT2D eigenvalue weighted by atomic mass is 16.5. The Balaban J connectivity index is 1.81. The fourth-order valence-corrected chi connectivity index (χ4v) is 2.75. The third-order valence-corrected chi connectivity index (χ3v) is 4.27. The quantitative estimate of drug-likeness (QED) is 0.509. The van der Waals surface area contributed by atoms with Crippen molar-refractivity contribution in [1.29, 1.82) is 0 Å². The van der Waals surface area contributed by atoms with Crippen molar-refractivity contribution in [2.45, 2.75) is 6.92 Å². The number of ether oxygens (including phenoxy) is 1. The summed E-state index contributed by atoms with van der Waals surface area (Å²) < 4.78 is 4.68. The van der Waals surface area contributed by atoms with E-state index in [0.717, 1.165) is 22.3 Å². The van der Waals surface area contributed by atoms with E-state index < -0.39 is 0 Å². The maximum Gasteiger partial charge on any atom is 0.337 e. The third kappa shape index (κ3) is 4.69. The molecule has 3 aromatic rings. The van der Waals surface area contributed by atoms with E-state index in [-0.39, 0.29) is 11.7 Å². The van der Waals surface area contributed by atoms with Gasteiger partial charge in [0.25, 0.3) is 0 Å². The second-order valence-corrected chi connectivity index (χ2v) is 6.31. The SMILES string of the molecule is COC(=O)c1ccc(C#C/C=C/c2cc(O)ccc2-c2ccc(C)cc2)cc1. The molecular weight excluding hydrogens is 348 g/mol. The van der Waals surface area contributed by atoms with E-state index in [0.29, 0.717) is 5.56 Å². The number of phenolic OH excluding ortho intramolecular Hbond substituents is 1. The van der Waals surface area contributed by atoms with Crippen molar-refractivity contribution < 1.29 is 14.6 Å². The van der Waals surface area contributed by atoms with E-state index in [9.17, 15) is 9.90 Å². The van der Waals surface area contributed by atoms with Crippen LogP contribution in [-0.2, 0) is 4.74 Å². The number of carbonyl (C=O) groups is 1. The number of rotatable bonds is 3. The van der Waals surface area contributed by atoms with Crippen molar-refractivity contribution in [3.8, 4) is 28.7 Å². The predicted molar refractivity (Wildman–Crippen MR) is 112 cm³/mol. The molecule has 0 heterocycles. The van der Waals surface area contributed by atoms with Crippen molar-refractivity contribution in [3.63, 3.8) is 0 Å². The summed E-state index contributed by atoms with van der Waals surface area (Å²) in [5.41, 5.74) is 5.48. The van der Waals surface area contributed by atoms with Crippen LogP contribution in [0.4, 0.5) is 0 Å². The average Bonchev–Trinajstić information content (AvgIpc) is 2.72. The van der Waals surface area contributed by atoms with Gasteiger partial charge in [-0.25, -0.2) is 4.79 Å². The summed E-state index contributed by atoms with van der Waals surface area (Å²) in [7, 11) is 1.35. The van der Waals surface area contributed by atoms with Gasteiger partial charge in [-0.3, -0.25) is 0 Å². The van der Waals surface area contributed by atoms with Crippen molar-refractivity contribution in [1.82, 2.24) is 0 Å². The smallest absolute Gasteiger partial charge is 0.337 e. The lowest BCUT2D eigenvalue weighted by molar-refractivity contribution is 0.0600. The van der Waals surface area contributed by atoms with E-state index in [1.165, 1.54) is 12.7 Å². The Morgan fingerprint density at radius 3 is 2.39 bits per heavy atom. The number of hydrogen-bond acceptors (Lipinski definition) is 3. The van der Waals surface area contributed by atoms with E-state index in [1.807, 2.05) is 12.1 Å². The zero-order valence-electron chi connectivity index (χ0n) is 15.8. The van der Waals surface area contributed by atoms with Gasteiger partial charge in [-0.1, -0.05) is 47.7 Å². The molecule has 0 spiro atoms. The summed E-state index contributed by atoms with van der Waals surface area (Å²) in [6.07, 6.45) is 3.63. The highest BCUT2D eigenvalue weighted by molar-refractivity contribution is 5.89. The Bertz CT molecular complexity index is 1060. The van der Waals surface area contributed by atoms with E-state index in [4.69, 9.17) is 0 Å². The molecule has 3 aromatic carbocycles. The van der Waals surface area contributed by atoms with Gasteiger partial charge in [0, 0.05) is 5.56 Å². The van der Waals surface area contributed by atoms with Gasteiger partial charge in [-0.05, 0) is 72.2 Å². The molecule has 0 bridgehead atoms. The van der Waals surface area contributed by atoms with E-state index in [2.05, 4.69) is 47.8 Å². The highest BCUT2D eigenvalue weighted by Gasteiger charge is 2.04. The van der Waals surface area contributed by atoms with E-state index >= 15 is 0 Å². The first-order valence-electron chi connectivity index (χ1n) is 8.83. The second-order valence-electron chi connectivity index (χ2n) is 6.31. The first-order chi connectivity index (χ1) is 13.6. The van der Waals surface area contributed by atoms with Crippen LogP contribution in [0, 0.1) is 18.8 Å². The average molecular weight is 368 g/mol. The van der Waals surface area contributed by atoms with Crippen LogP contribution in [0.2, 0.25) is 0 Å². The number of allylic oxidation sites excluding steroid dienone is 1. The zero-order valence-corrected chi connectivity index (χ0v) is 15.8. The van der Waals surface area contributed by atoms with E-state index in [1.54, 1.807) is 42.5 Å². The maximum absolute atomic E-state index is 11.4. The fourth-order valence-electron chi connectivity index (χ4n) is 2.75. The summed E-state index contributed by atoms with van der Waals surface area (Å²) in [4.78, 5) is 11.4. The normalized spacial score (nSPS) is 10.4. The fraction of sp³-hybridized carbons (Fsp3) is 0.0800. The van der Waals surface area contributed by atoms with Crippen LogP contribution in [0.5, 0.6) is 5.75 Å². The van der Waals surface area contributed by atoms with Crippen LogP contribution in [0.25, 0.3) is 17.2 Å². The number of carbonyl (C=O) groups excluding carboxylic acids is 1. The molecule has 0 aromatic heterocycles. The largest absolute Gasteiger partial charge is 0.508 e. The molecule has 3 nitrogen and oxygen atoms in total. The molecule has 0 unspecified atom stereocenters. The molecule has 138 valence electrons. The Kier molecular flexibility index (Phi) is 5.94. The minimum Gasteiger partial charge on any atom is -0.508 e. The summed E-state index contributed by atoms with van der Waals surface area (Å²) >= 11 is 0. The van der Waals surface area contributed by atoms with Gasteiger partial charge in [0.05, 0.1) is 12.7 Å². The Morgan fingerprint density at radius 2 is 1.71 bits per heavy atom. The second kappa shape index (κ2) is 8.75. The first-order valence-corrected chi connectivity index (χ1v) is 8.83. The lowest BCUT2D eigenvalue weighted by Gasteiger charge is -2.07. The molecule has 3 heteroatoms. The number of hydrogen-bond donors (Lipinski definition) is 1. The summed E-state index contributed by atoms with van der Waals surface area (Å²) in [6, 6.07) is 20.5. The molecule has 0 saturated carbocycles. The molecule has 0 atom stereocenters. The van der Waals surface area contributed by atoms with Crippen LogP contribution in [0.15, 0.2) is 72.8 Å². The molecule has 0 aliphatic heterocycles. The number of methoxy groups -OCH3 is 1. The monoisotopic (exact) mass is 368 g/mol. The Morgan fingerprint density at radius 1 is 1.00 bits per heavy atom. The molecule has 0 fully saturated rings. The number of esters is 1. The lowest BCUT2D eigenvalue weighted by Crippen LogP contribution is -2.00. The zero-order chi connectivity index (χ0) is 19.9. The van der Waals surface area contributed by atoms with Gasteiger partial charge in [0.15, 0.2) is 0 Å². The predicted octanol–water partition coefficient (Wildman–Crippen LogP) is 5.22. The number of aryl methyl sites for hydroxylation is 1. The molecule has 28 heavy (non-hydrogen) atoms. The Labute approximate surface area is 164 Å². The number of aromatic hydroxyl groups is 1. The molecular formula is C25H20O3. The molecule has 0 aliphatic rings. The van der Waals surface area contributed by atoms with Crippen LogP contribution in [0.3, 0.4) is 0 Å².